The number of aryl methyl sites for hydroxylation is 1. The predicted molar refractivity (Wildman–Crippen MR) is 60.5 cm³/mol. The van der Waals surface area contributed by atoms with Gasteiger partial charge in [-0.2, -0.15) is 5.10 Å². The van der Waals surface area contributed by atoms with Crippen LogP contribution in [0.4, 0.5) is 0 Å². The topological polar surface area (TPSA) is 79.7 Å². The van der Waals surface area contributed by atoms with Crippen LogP contribution in [-0.2, 0) is 13.6 Å². The van der Waals surface area contributed by atoms with Crippen molar-refractivity contribution in [1.29, 1.82) is 5.41 Å². The van der Waals surface area contributed by atoms with Gasteiger partial charge in [-0.05, 0) is 6.92 Å². The Hall–Kier alpha value is -1.49. The maximum Gasteiger partial charge on any atom is 0.127 e. The van der Waals surface area contributed by atoms with Gasteiger partial charge in [0.1, 0.15) is 11.0 Å². The fourth-order valence-electron chi connectivity index (χ4n) is 1.01. The smallest absolute Gasteiger partial charge is 0.127 e. The van der Waals surface area contributed by atoms with Gasteiger partial charge in [0.15, 0.2) is 0 Å². The van der Waals surface area contributed by atoms with E-state index in [1.54, 1.807) is 17.8 Å². The number of nitrogens with one attached hydrogen (secondary N) is 2. The molecule has 0 aliphatic rings. The second kappa shape index (κ2) is 4.84. The van der Waals surface area contributed by atoms with Gasteiger partial charge in [0, 0.05) is 30.9 Å². The normalized spacial score (nSPS) is 12.2. The van der Waals surface area contributed by atoms with E-state index < -0.39 is 0 Å². The van der Waals surface area contributed by atoms with Crippen LogP contribution in [0.2, 0.25) is 0 Å². The van der Waals surface area contributed by atoms with Gasteiger partial charge in [0.2, 0.25) is 0 Å². The zero-order valence-electron chi connectivity index (χ0n) is 8.71. The van der Waals surface area contributed by atoms with Crippen LogP contribution in [0, 0.1) is 5.41 Å². The highest BCUT2D eigenvalue weighted by molar-refractivity contribution is 6.68. The van der Waals surface area contributed by atoms with E-state index in [0.717, 1.165) is 5.56 Å². The van der Waals surface area contributed by atoms with Crippen molar-refractivity contribution in [3.05, 3.63) is 29.4 Å². The minimum absolute atomic E-state index is 0.0498. The molecule has 1 rings (SSSR count). The molecule has 0 atom stereocenters. The molecule has 0 unspecified atom stereocenters. The number of halogens is 1. The molecule has 0 bridgehead atoms. The lowest BCUT2D eigenvalue weighted by atomic mass is 10.3. The van der Waals surface area contributed by atoms with Crippen molar-refractivity contribution in [3.63, 3.8) is 0 Å². The SMILES string of the molecule is C/C(C(=N)Cl)=C(/N)NCc1cnn(C)c1. The van der Waals surface area contributed by atoms with Crippen molar-refractivity contribution >= 4 is 16.8 Å². The number of nitrogens with zero attached hydrogens (tertiary/aromatic N) is 2. The average Bonchev–Trinajstić information content (AvgIpc) is 2.59. The number of aromatic nitrogens is 2. The molecule has 6 heteroatoms. The van der Waals surface area contributed by atoms with Gasteiger partial charge in [0.25, 0.3) is 0 Å². The number of allylic oxidation sites excluding steroid dienone is 1. The van der Waals surface area contributed by atoms with Gasteiger partial charge in [-0.25, -0.2) is 0 Å². The molecule has 82 valence electrons. The first-order chi connectivity index (χ1) is 7.00. The summed E-state index contributed by atoms with van der Waals surface area (Å²) in [5, 5.41) is 14.1. The van der Waals surface area contributed by atoms with Gasteiger partial charge < -0.3 is 11.1 Å². The van der Waals surface area contributed by atoms with Gasteiger partial charge in [-0.1, -0.05) is 11.6 Å². The summed E-state index contributed by atoms with van der Waals surface area (Å²) in [6.45, 7) is 2.27. The van der Waals surface area contributed by atoms with Crippen molar-refractivity contribution in [2.24, 2.45) is 12.8 Å². The Balaban J connectivity index is 2.58. The van der Waals surface area contributed by atoms with Crippen LogP contribution in [0.5, 0.6) is 0 Å². The van der Waals surface area contributed by atoms with Crippen LogP contribution in [0.3, 0.4) is 0 Å². The van der Waals surface area contributed by atoms with E-state index in [1.165, 1.54) is 0 Å². The molecule has 1 aromatic rings. The summed E-state index contributed by atoms with van der Waals surface area (Å²) < 4.78 is 1.72. The van der Waals surface area contributed by atoms with Crippen LogP contribution < -0.4 is 11.1 Å². The van der Waals surface area contributed by atoms with Crippen molar-refractivity contribution in [3.8, 4) is 0 Å². The molecule has 5 nitrogen and oxygen atoms in total. The third-order valence-electron chi connectivity index (χ3n) is 1.97. The highest BCUT2D eigenvalue weighted by atomic mass is 35.5. The molecule has 1 heterocycles. The van der Waals surface area contributed by atoms with E-state index in [9.17, 15) is 0 Å². The number of rotatable bonds is 4. The van der Waals surface area contributed by atoms with Crippen molar-refractivity contribution in [2.45, 2.75) is 13.5 Å². The van der Waals surface area contributed by atoms with Gasteiger partial charge in [0.05, 0.1) is 6.20 Å². The van der Waals surface area contributed by atoms with Crippen LogP contribution in [0.1, 0.15) is 12.5 Å². The van der Waals surface area contributed by atoms with E-state index in [4.69, 9.17) is 22.7 Å². The number of hydrogen-bond donors (Lipinski definition) is 3. The first kappa shape index (κ1) is 11.6. The van der Waals surface area contributed by atoms with E-state index in [2.05, 4.69) is 10.4 Å². The third kappa shape index (κ3) is 3.28. The Kier molecular flexibility index (Phi) is 3.74. The second-order valence-corrected chi connectivity index (χ2v) is 3.61. The summed E-state index contributed by atoms with van der Waals surface area (Å²) in [4.78, 5) is 0. The van der Waals surface area contributed by atoms with Crippen LogP contribution in [0.15, 0.2) is 23.8 Å². The molecule has 0 amide bonds. The Morgan fingerprint density at radius 2 is 2.40 bits per heavy atom. The van der Waals surface area contributed by atoms with Gasteiger partial charge in [-0.15, -0.1) is 0 Å². The zero-order chi connectivity index (χ0) is 11.4. The first-order valence-corrected chi connectivity index (χ1v) is 4.80. The summed E-state index contributed by atoms with van der Waals surface area (Å²) in [6, 6.07) is 0. The Morgan fingerprint density at radius 3 is 2.87 bits per heavy atom. The molecular formula is C9H14ClN5. The minimum Gasteiger partial charge on any atom is -0.385 e. The Bertz CT molecular complexity index is 393. The highest BCUT2D eigenvalue weighted by Crippen LogP contribution is 2.02. The second-order valence-electron chi connectivity index (χ2n) is 3.23. The molecule has 0 spiro atoms. The molecule has 0 aromatic carbocycles. The molecule has 4 N–H and O–H groups in total. The average molecular weight is 228 g/mol. The van der Waals surface area contributed by atoms with Crippen LogP contribution in [0.25, 0.3) is 0 Å². The first-order valence-electron chi connectivity index (χ1n) is 4.43. The van der Waals surface area contributed by atoms with Gasteiger partial charge >= 0.3 is 0 Å². The molecule has 15 heavy (non-hydrogen) atoms. The lowest BCUT2D eigenvalue weighted by Gasteiger charge is -2.07. The zero-order valence-corrected chi connectivity index (χ0v) is 9.47. The summed E-state index contributed by atoms with van der Waals surface area (Å²) in [5.74, 6) is 0.416. The lowest BCUT2D eigenvalue weighted by Crippen LogP contribution is -2.22. The van der Waals surface area contributed by atoms with Crippen molar-refractivity contribution < 1.29 is 0 Å². The number of nitrogens with two attached hydrogens (primary N) is 1. The van der Waals surface area contributed by atoms with Crippen LogP contribution in [-0.4, -0.2) is 15.0 Å². The molecular weight excluding hydrogens is 214 g/mol. The fraction of sp³-hybridized carbons (Fsp3) is 0.333. The van der Waals surface area contributed by atoms with E-state index in [0.29, 0.717) is 17.9 Å². The predicted octanol–water partition coefficient (Wildman–Crippen LogP) is 0.916. The third-order valence-corrected chi connectivity index (χ3v) is 2.26. The lowest BCUT2D eigenvalue weighted by molar-refractivity contribution is 0.762. The highest BCUT2D eigenvalue weighted by Gasteiger charge is 2.02. The molecule has 0 fully saturated rings. The summed E-state index contributed by atoms with van der Waals surface area (Å²) in [7, 11) is 1.85. The van der Waals surface area contributed by atoms with Crippen LogP contribution >= 0.6 is 11.6 Å². The molecule has 0 aliphatic heterocycles. The molecule has 0 saturated carbocycles. The van der Waals surface area contributed by atoms with Gasteiger partial charge in [-0.3, -0.25) is 10.1 Å². The number of hydrogen-bond acceptors (Lipinski definition) is 4. The quantitative estimate of drug-likeness (QED) is 0.669. The summed E-state index contributed by atoms with van der Waals surface area (Å²) >= 11 is 5.50. The van der Waals surface area contributed by atoms with E-state index in [-0.39, 0.29) is 5.17 Å². The van der Waals surface area contributed by atoms with Crippen molar-refractivity contribution in [2.75, 3.05) is 0 Å². The Labute approximate surface area is 93.4 Å². The summed E-state index contributed by atoms with van der Waals surface area (Å²) in [5.41, 5.74) is 7.25. The largest absolute Gasteiger partial charge is 0.385 e. The summed E-state index contributed by atoms with van der Waals surface area (Å²) in [6.07, 6.45) is 3.64. The van der Waals surface area contributed by atoms with E-state index >= 15 is 0 Å². The maximum absolute atomic E-state index is 7.19. The fourth-order valence-corrected chi connectivity index (χ4v) is 1.11. The maximum atomic E-state index is 7.19. The molecule has 0 saturated heterocycles. The Morgan fingerprint density at radius 1 is 1.73 bits per heavy atom. The monoisotopic (exact) mass is 227 g/mol. The van der Waals surface area contributed by atoms with Crippen molar-refractivity contribution in [1.82, 2.24) is 15.1 Å². The molecule has 1 aromatic heterocycles. The molecule has 0 radical (unpaired) electrons. The minimum atomic E-state index is -0.0498. The van der Waals surface area contributed by atoms with E-state index in [1.807, 2.05) is 13.2 Å². The molecule has 0 aliphatic carbocycles. The standard InChI is InChI=1S/C9H14ClN5/c1-6(8(10)11)9(12)13-3-7-4-14-15(2)5-7/h4-5,11,13H,3,12H2,1-2H3/b9-6+,11-8?.